The Morgan fingerprint density at radius 1 is 1.12 bits per heavy atom. The van der Waals surface area contributed by atoms with E-state index >= 15 is 0 Å². The molecule has 0 bridgehead atoms. The zero-order valence-corrected chi connectivity index (χ0v) is 16.8. The van der Waals surface area contributed by atoms with Gasteiger partial charge in [0.2, 0.25) is 0 Å². The van der Waals surface area contributed by atoms with Crippen molar-refractivity contribution in [3.05, 3.63) is 47.5 Å². The monoisotopic (exact) mass is 392 g/mol. The first kappa shape index (κ1) is 18.6. The summed E-state index contributed by atoms with van der Waals surface area (Å²) >= 11 is 9.24. The molecule has 25 heavy (non-hydrogen) atoms. The van der Waals surface area contributed by atoms with Gasteiger partial charge < -0.3 is 4.90 Å². The molecule has 2 aromatic rings. The van der Waals surface area contributed by atoms with Crippen LogP contribution in [0.4, 0.5) is 16.2 Å². The second-order valence-corrected chi connectivity index (χ2v) is 8.22. The molecule has 6 heteroatoms. The summed E-state index contributed by atoms with van der Waals surface area (Å²) in [5.41, 5.74) is 1.80. The van der Waals surface area contributed by atoms with Crippen molar-refractivity contribution in [1.29, 1.82) is 0 Å². The predicted molar refractivity (Wildman–Crippen MR) is 110 cm³/mol. The predicted octanol–water partition coefficient (Wildman–Crippen LogP) is 6.14. The van der Waals surface area contributed by atoms with Gasteiger partial charge in [0.15, 0.2) is 0 Å². The van der Waals surface area contributed by atoms with Gasteiger partial charge in [-0.1, -0.05) is 61.1 Å². The van der Waals surface area contributed by atoms with Crippen LogP contribution in [0.1, 0.15) is 13.8 Å². The summed E-state index contributed by atoms with van der Waals surface area (Å²) < 4.78 is 0. The second kappa shape index (κ2) is 8.49. The molecule has 0 aliphatic carbocycles. The number of thioether (sulfide) groups is 1. The van der Waals surface area contributed by atoms with E-state index < -0.39 is 0 Å². The molecule has 0 spiro atoms. The molecule has 0 saturated carbocycles. The quantitative estimate of drug-likeness (QED) is 0.609. The van der Waals surface area contributed by atoms with Crippen molar-refractivity contribution in [2.45, 2.75) is 23.6 Å². The lowest BCUT2D eigenvalue weighted by Crippen LogP contribution is -2.28. The van der Waals surface area contributed by atoms with Crippen molar-refractivity contribution in [3.63, 3.8) is 0 Å². The van der Waals surface area contributed by atoms with Crippen LogP contribution in [-0.4, -0.2) is 35.5 Å². The number of fused-ring (bicyclic) bond motifs is 2. The van der Waals surface area contributed by atoms with Crippen molar-refractivity contribution in [3.8, 4) is 0 Å². The van der Waals surface area contributed by atoms with E-state index in [4.69, 9.17) is 11.6 Å². The van der Waals surface area contributed by atoms with Crippen LogP contribution in [0.25, 0.3) is 0 Å². The lowest BCUT2D eigenvalue weighted by atomic mass is 10.2. The molecule has 2 aromatic carbocycles. The molecule has 0 N–H and O–H groups in total. The van der Waals surface area contributed by atoms with Crippen LogP contribution in [-0.2, 0) is 0 Å². The van der Waals surface area contributed by atoms with Crippen LogP contribution in [0.2, 0.25) is 5.02 Å². The summed E-state index contributed by atoms with van der Waals surface area (Å²) in [5, 5.41) is 0.688. The number of halogens is 1. The first-order chi connectivity index (χ1) is 12.1. The number of carbonyl (C=O) groups excluding carboxylic acids is 1. The Balaban J connectivity index is 1.84. The van der Waals surface area contributed by atoms with Crippen molar-refractivity contribution >= 4 is 51.7 Å². The van der Waals surface area contributed by atoms with Gasteiger partial charge >= 0.3 is 0 Å². The van der Waals surface area contributed by atoms with Crippen molar-refractivity contribution in [2.24, 2.45) is 0 Å². The van der Waals surface area contributed by atoms with E-state index in [9.17, 15) is 4.79 Å². The summed E-state index contributed by atoms with van der Waals surface area (Å²) in [6, 6.07) is 13.8. The summed E-state index contributed by atoms with van der Waals surface area (Å²) in [6.07, 6.45) is 0. The molecule has 0 radical (unpaired) electrons. The van der Waals surface area contributed by atoms with Crippen LogP contribution in [0.15, 0.2) is 52.3 Å². The first-order valence-electron chi connectivity index (χ1n) is 8.39. The molecule has 1 amide bonds. The Kier molecular flexibility index (Phi) is 6.34. The molecular formula is C19H21ClN2OS2. The maximum atomic E-state index is 13.0. The summed E-state index contributed by atoms with van der Waals surface area (Å²) in [5.74, 6) is 0.780. The van der Waals surface area contributed by atoms with Crippen LogP contribution in [0.3, 0.4) is 0 Å². The summed E-state index contributed by atoms with van der Waals surface area (Å²) in [7, 11) is 0. The normalized spacial score (nSPS) is 12.9. The standard InChI is InChI=1S/C19H21ClN2OS2/c1-3-21(4-2)11-12-24-19(23)22-15-7-5-6-8-17(15)25-18-10-9-14(20)13-16(18)22/h5-10,13H,3-4,11-12H2,1-2H3. The van der Waals surface area contributed by atoms with Gasteiger partial charge in [0.1, 0.15) is 0 Å². The molecule has 132 valence electrons. The highest BCUT2D eigenvalue weighted by Crippen LogP contribution is 2.49. The molecule has 3 rings (SSSR count). The minimum atomic E-state index is 0.0448. The summed E-state index contributed by atoms with van der Waals surface area (Å²) in [6.45, 7) is 7.22. The Labute approximate surface area is 162 Å². The lowest BCUT2D eigenvalue weighted by Gasteiger charge is -2.31. The smallest absolute Gasteiger partial charge is 0.290 e. The van der Waals surface area contributed by atoms with Crippen molar-refractivity contribution < 1.29 is 4.79 Å². The molecule has 1 aliphatic rings. The molecule has 1 aliphatic heterocycles. The number of nitrogens with zero attached hydrogens (tertiary/aromatic N) is 2. The van der Waals surface area contributed by atoms with Crippen molar-refractivity contribution in [2.75, 3.05) is 30.3 Å². The van der Waals surface area contributed by atoms with E-state index in [1.165, 1.54) is 11.8 Å². The highest BCUT2D eigenvalue weighted by molar-refractivity contribution is 8.14. The van der Waals surface area contributed by atoms with Gasteiger partial charge in [-0.3, -0.25) is 9.69 Å². The third-order valence-electron chi connectivity index (χ3n) is 4.20. The van der Waals surface area contributed by atoms with E-state index in [0.29, 0.717) is 5.02 Å². The Hall–Kier alpha value is -1.14. The van der Waals surface area contributed by atoms with E-state index in [0.717, 1.165) is 46.6 Å². The zero-order valence-electron chi connectivity index (χ0n) is 14.4. The highest BCUT2D eigenvalue weighted by atomic mass is 35.5. The van der Waals surface area contributed by atoms with E-state index in [2.05, 4.69) is 24.8 Å². The number of rotatable bonds is 5. The van der Waals surface area contributed by atoms with Crippen LogP contribution in [0.5, 0.6) is 0 Å². The second-order valence-electron chi connectivity index (χ2n) is 5.66. The zero-order chi connectivity index (χ0) is 17.8. The van der Waals surface area contributed by atoms with E-state index in [-0.39, 0.29) is 5.24 Å². The van der Waals surface area contributed by atoms with Crippen molar-refractivity contribution in [1.82, 2.24) is 4.90 Å². The van der Waals surface area contributed by atoms with Gasteiger partial charge in [-0.25, -0.2) is 0 Å². The maximum absolute atomic E-state index is 13.0. The molecule has 3 nitrogen and oxygen atoms in total. The fraction of sp³-hybridized carbons (Fsp3) is 0.316. The van der Waals surface area contributed by atoms with Crippen LogP contribution < -0.4 is 4.90 Å². The molecule has 0 atom stereocenters. The van der Waals surface area contributed by atoms with Gasteiger partial charge in [0.25, 0.3) is 5.24 Å². The molecule has 0 fully saturated rings. The maximum Gasteiger partial charge on any atom is 0.290 e. The average molecular weight is 393 g/mol. The lowest BCUT2D eigenvalue weighted by molar-refractivity contribution is 0.266. The fourth-order valence-corrected chi connectivity index (χ4v) is 4.85. The molecule has 0 saturated heterocycles. The Morgan fingerprint density at radius 3 is 2.60 bits per heavy atom. The van der Waals surface area contributed by atoms with Gasteiger partial charge in [0.05, 0.1) is 11.4 Å². The fourth-order valence-electron chi connectivity index (χ4n) is 2.79. The molecule has 0 aromatic heterocycles. The van der Waals surface area contributed by atoms with Gasteiger partial charge in [-0.2, -0.15) is 0 Å². The number of anilines is 2. The average Bonchev–Trinajstić information content (AvgIpc) is 2.63. The minimum absolute atomic E-state index is 0.0448. The third kappa shape index (κ3) is 4.17. The third-order valence-corrected chi connectivity index (χ3v) is 6.38. The highest BCUT2D eigenvalue weighted by Gasteiger charge is 2.28. The Morgan fingerprint density at radius 2 is 1.84 bits per heavy atom. The van der Waals surface area contributed by atoms with Gasteiger partial charge in [0, 0.05) is 27.1 Å². The molecule has 0 unspecified atom stereocenters. The van der Waals surface area contributed by atoms with Crippen LogP contribution in [0, 0.1) is 0 Å². The largest absolute Gasteiger partial charge is 0.303 e. The summed E-state index contributed by atoms with van der Waals surface area (Å²) in [4.78, 5) is 19.3. The number of hydrogen-bond acceptors (Lipinski definition) is 4. The topological polar surface area (TPSA) is 23.6 Å². The number of para-hydroxylation sites is 1. The van der Waals surface area contributed by atoms with Gasteiger partial charge in [-0.15, -0.1) is 0 Å². The number of amides is 1. The Bertz CT molecular complexity index is 765. The number of hydrogen-bond donors (Lipinski definition) is 0. The van der Waals surface area contributed by atoms with E-state index in [1.54, 1.807) is 16.7 Å². The van der Waals surface area contributed by atoms with E-state index in [1.807, 2.05) is 36.4 Å². The molecular weight excluding hydrogens is 372 g/mol. The van der Waals surface area contributed by atoms with Gasteiger partial charge in [-0.05, 0) is 43.4 Å². The number of carbonyl (C=O) groups is 1. The number of benzene rings is 2. The van der Waals surface area contributed by atoms with Crippen LogP contribution >= 0.6 is 35.1 Å². The first-order valence-corrected chi connectivity index (χ1v) is 10.6. The molecule has 1 heterocycles. The minimum Gasteiger partial charge on any atom is -0.303 e. The SMILES string of the molecule is CCN(CC)CCSC(=O)N1c2ccccc2Sc2ccc(Cl)cc21.